The maximum absolute atomic E-state index is 12.2. The first-order valence-electron chi connectivity index (χ1n) is 10.2. The molecule has 1 N–H and O–H groups in total. The Morgan fingerprint density at radius 1 is 1.08 bits per heavy atom. The highest BCUT2D eigenvalue weighted by Crippen LogP contribution is 2.23. The van der Waals surface area contributed by atoms with Crippen LogP contribution in [0, 0.1) is 5.92 Å². The molecule has 26 heavy (non-hydrogen) atoms. The van der Waals surface area contributed by atoms with Gasteiger partial charge in [0.05, 0.1) is 7.11 Å². The normalized spacial score (nSPS) is 19.3. The van der Waals surface area contributed by atoms with Crippen LogP contribution in [0.25, 0.3) is 0 Å². The molecule has 0 unspecified atom stereocenters. The number of carbonyl (C=O) groups excluding carboxylic acids is 1. The average Bonchev–Trinajstić information content (AvgIpc) is 2.72. The largest absolute Gasteiger partial charge is 0.497 e. The molecule has 2 fully saturated rings. The molecular formula is C21H33N3O2. The van der Waals surface area contributed by atoms with Crippen LogP contribution in [0.15, 0.2) is 24.3 Å². The van der Waals surface area contributed by atoms with E-state index in [2.05, 4.69) is 27.2 Å². The van der Waals surface area contributed by atoms with Crippen LogP contribution in [-0.2, 0) is 4.79 Å². The first kappa shape index (κ1) is 19.0. The number of amides is 1. The van der Waals surface area contributed by atoms with Crippen molar-refractivity contribution in [3.8, 4) is 5.75 Å². The number of nitrogens with zero attached hydrogens (tertiary/aromatic N) is 2. The Hall–Kier alpha value is -1.75. The summed E-state index contributed by atoms with van der Waals surface area (Å²) in [6.07, 6.45) is 6.94. The maximum Gasteiger partial charge on any atom is 0.223 e. The molecule has 1 heterocycles. The molecule has 144 valence electrons. The maximum atomic E-state index is 12.2. The van der Waals surface area contributed by atoms with Gasteiger partial charge in [-0.15, -0.1) is 0 Å². The second-order valence-electron chi connectivity index (χ2n) is 7.51. The van der Waals surface area contributed by atoms with Gasteiger partial charge in [-0.2, -0.15) is 0 Å². The molecule has 1 saturated carbocycles. The first-order chi connectivity index (χ1) is 12.8. The topological polar surface area (TPSA) is 44.8 Å². The highest BCUT2D eigenvalue weighted by Gasteiger charge is 2.21. The Balaban J connectivity index is 1.30. The zero-order valence-corrected chi connectivity index (χ0v) is 16.1. The van der Waals surface area contributed by atoms with Crippen molar-refractivity contribution in [3.05, 3.63) is 24.3 Å². The molecule has 1 aromatic carbocycles. The lowest BCUT2D eigenvalue weighted by Gasteiger charge is -2.36. The van der Waals surface area contributed by atoms with Crippen LogP contribution in [-0.4, -0.2) is 57.2 Å². The Kier molecular flexibility index (Phi) is 7.18. The average molecular weight is 360 g/mol. The summed E-state index contributed by atoms with van der Waals surface area (Å²) in [6.45, 7) is 6.17. The Labute approximate surface area is 157 Å². The summed E-state index contributed by atoms with van der Waals surface area (Å²) in [7, 11) is 1.70. The third-order valence-corrected chi connectivity index (χ3v) is 5.74. The Morgan fingerprint density at radius 2 is 1.77 bits per heavy atom. The van der Waals surface area contributed by atoms with Gasteiger partial charge < -0.3 is 15.0 Å². The van der Waals surface area contributed by atoms with E-state index in [9.17, 15) is 4.79 Å². The van der Waals surface area contributed by atoms with Crippen molar-refractivity contribution in [3.63, 3.8) is 0 Å². The smallest absolute Gasteiger partial charge is 0.223 e. The van der Waals surface area contributed by atoms with Crippen LogP contribution >= 0.6 is 0 Å². The monoisotopic (exact) mass is 359 g/mol. The lowest BCUT2D eigenvalue weighted by molar-refractivity contribution is -0.125. The van der Waals surface area contributed by atoms with Crippen molar-refractivity contribution in [1.82, 2.24) is 10.2 Å². The molecule has 1 aliphatic heterocycles. The van der Waals surface area contributed by atoms with E-state index in [1.807, 2.05) is 12.1 Å². The molecule has 3 rings (SSSR count). The number of carbonyl (C=O) groups is 1. The van der Waals surface area contributed by atoms with Crippen LogP contribution in [0.5, 0.6) is 5.75 Å². The van der Waals surface area contributed by atoms with Crippen molar-refractivity contribution in [2.24, 2.45) is 5.92 Å². The second-order valence-corrected chi connectivity index (χ2v) is 7.51. The van der Waals surface area contributed by atoms with E-state index < -0.39 is 0 Å². The van der Waals surface area contributed by atoms with Gasteiger partial charge in [0.2, 0.25) is 5.91 Å². The molecule has 0 atom stereocenters. The van der Waals surface area contributed by atoms with Gasteiger partial charge >= 0.3 is 0 Å². The minimum absolute atomic E-state index is 0.275. The predicted octanol–water partition coefficient (Wildman–Crippen LogP) is 2.90. The number of ether oxygens (including phenoxy) is 1. The van der Waals surface area contributed by atoms with Gasteiger partial charge in [0.1, 0.15) is 5.75 Å². The number of nitrogens with one attached hydrogen (secondary N) is 1. The van der Waals surface area contributed by atoms with Gasteiger partial charge in [0.25, 0.3) is 0 Å². The van der Waals surface area contributed by atoms with Gasteiger partial charge in [-0.05, 0) is 50.1 Å². The number of hydrogen-bond acceptors (Lipinski definition) is 4. The number of rotatable bonds is 7. The Morgan fingerprint density at radius 3 is 2.42 bits per heavy atom. The predicted molar refractivity (Wildman–Crippen MR) is 106 cm³/mol. The van der Waals surface area contributed by atoms with Gasteiger partial charge in [-0.3, -0.25) is 9.69 Å². The number of anilines is 1. The minimum Gasteiger partial charge on any atom is -0.497 e. The molecule has 0 aromatic heterocycles. The van der Waals surface area contributed by atoms with Crippen LogP contribution in [0.3, 0.4) is 0 Å². The van der Waals surface area contributed by atoms with E-state index in [4.69, 9.17) is 4.74 Å². The number of hydrogen-bond donors (Lipinski definition) is 1. The number of benzene rings is 1. The van der Waals surface area contributed by atoms with E-state index in [1.165, 1.54) is 24.9 Å². The van der Waals surface area contributed by atoms with E-state index in [0.29, 0.717) is 0 Å². The molecule has 0 radical (unpaired) electrons. The van der Waals surface area contributed by atoms with Crippen molar-refractivity contribution < 1.29 is 9.53 Å². The number of methoxy groups -OCH3 is 1. The molecule has 5 heteroatoms. The van der Waals surface area contributed by atoms with Crippen molar-refractivity contribution in [2.75, 3.05) is 51.3 Å². The molecule has 0 bridgehead atoms. The molecular weight excluding hydrogens is 326 g/mol. The van der Waals surface area contributed by atoms with E-state index >= 15 is 0 Å². The first-order valence-corrected chi connectivity index (χ1v) is 10.2. The van der Waals surface area contributed by atoms with E-state index in [-0.39, 0.29) is 11.8 Å². The van der Waals surface area contributed by atoms with Crippen LogP contribution < -0.4 is 15.0 Å². The Bertz CT molecular complexity index is 547. The molecule has 1 amide bonds. The fraction of sp³-hybridized carbons (Fsp3) is 0.667. The molecule has 1 aliphatic carbocycles. The summed E-state index contributed by atoms with van der Waals surface area (Å²) < 4.78 is 5.23. The molecule has 5 nitrogen and oxygen atoms in total. The quantitative estimate of drug-likeness (QED) is 0.761. The van der Waals surface area contributed by atoms with Crippen molar-refractivity contribution >= 4 is 11.6 Å². The van der Waals surface area contributed by atoms with E-state index in [0.717, 1.165) is 64.3 Å². The zero-order chi connectivity index (χ0) is 18.2. The number of piperazine rings is 1. The molecule has 0 spiro atoms. The lowest BCUT2D eigenvalue weighted by atomic mass is 9.89. The SMILES string of the molecule is COc1ccc(N2CCN(CCCNC(=O)C3CCCCC3)CC2)cc1. The summed E-state index contributed by atoms with van der Waals surface area (Å²) in [5.41, 5.74) is 1.27. The summed E-state index contributed by atoms with van der Waals surface area (Å²) in [4.78, 5) is 17.1. The highest BCUT2D eigenvalue weighted by molar-refractivity contribution is 5.78. The van der Waals surface area contributed by atoms with Gasteiger partial charge in [0.15, 0.2) is 0 Å². The van der Waals surface area contributed by atoms with Gasteiger partial charge in [-0.1, -0.05) is 19.3 Å². The summed E-state index contributed by atoms with van der Waals surface area (Å²) >= 11 is 0. The summed E-state index contributed by atoms with van der Waals surface area (Å²) in [6, 6.07) is 8.32. The molecule has 1 saturated heterocycles. The van der Waals surface area contributed by atoms with Gasteiger partial charge in [0, 0.05) is 44.3 Å². The van der Waals surface area contributed by atoms with Crippen LogP contribution in [0.2, 0.25) is 0 Å². The van der Waals surface area contributed by atoms with Crippen LogP contribution in [0.1, 0.15) is 38.5 Å². The molecule has 2 aliphatic rings. The fourth-order valence-electron chi connectivity index (χ4n) is 4.05. The standard InChI is InChI=1S/C21H33N3O2/c1-26-20-10-8-19(9-11-20)24-16-14-23(15-17-24)13-5-12-22-21(25)18-6-3-2-4-7-18/h8-11,18H,2-7,12-17H2,1H3,(H,22,25). The summed E-state index contributed by atoms with van der Waals surface area (Å²) in [5, 5.41) is 3.15. The summed E-state index contributed by atoms with van der Waals surface area (Å²) in [5.74, 6) is 1.47. The fourth-order valence-corrected chi connectivity index (χ4v) is 4.05. The minimum atomic E-state index is 0.275. The van der Waals surface area contributed by atoms with Crippen molar-refractivity contribution in [2.45, 2.75) is 38.5 Å². The third kappa shape index (κ3) is 5.37. The third-order valence-electron chi connectivity index (χ3n) is 5.74. The molecule has 1 aromatic rings. The van der Waals surface area contributed by atoms with Gasteiger partial charge in [-0.25, -0.2) is 0 Å². The van der Waals surface area contributed by atoms with Crippen molar-refractivity contribution in [1.29, 1.82) is 0 Å². The highest BCUT2D eigenvalue weighted by atomic mass is 16.5. The van der Waals surface area contributed by atoms with E-state index in [1.54, 1.807) is 7.11 Å². The lowest BCUT2D eigenvalue weighted by Crippen LogP contribution is -2.47. The van der Waals surface area contributed by atoms with Crippen LogP contribution in [0.4, 0.5) is 5.69 Å². The second kappa shape index (κ2) is 9.81. The zero-order valence-electron chi connectivity index (χ0n) is 16.1.